The molecule has 2 unspecified atom stereocenters. The average Bonchev–Trinajstić information content (AvgIpc) is 2.75. The Labute approximate surface area is 88.5 Å². The zero-order valence-electron chi connectivity index (χ0n) is 8.40. The summed E-state index contributed by atoms with van der Waals surface area (Å²) in [5.41, 5.74) is 0. The number of hydrogen-bond acceptors (Lipinski definition) is 3. The summed E-state index contributed by atoms with van der Waals surface area (Å²) < 4.78 is 5.29. The first-order valence-corrected chi connectivity index (χ1v) is 5.89. The van der Waals surface area contributed by atoms with Gasteiger partial charge in [0, 0.05) is 23.0 Å². The van der Waals surface area contributed by atoms with E-state index in [1.165, 1.54) is 4.88 Å². The highest BCUT2D eigenvalue weighted by Gasteiger charge is 2.20. The molecule has 0 radical (unpaired) electrons. The van der Waals surface area contributed by atoms with Crippen LogP contribution in [0.1, 0.15) is 28.7 Å². The second-order valence-electron chi connectivity index (χ2n) is 3.93. The highest BCUT2D eigenvalue weighted by Crippen LogP contribution is 2.30. The van der Waals surface area contributed by atoms with E-state index in [2.05, 4.69) is 13.0 Å². The van der Waals surface area contributed by atoms with Gasteiger partial charge in [-0.05, 0) is 37.8 Å². The second-order valence-corrected chi connectivity index (χ2v) is 5.25. The minimum atomic E-state index is -0.291. The quantitative estimate of drug-likeness (QED) is 0.834. The first-order valence-electron chi connectivity index (χ1n) is 5.08. The maximum absolute atomic E-state index is 9.95. The van der Waals surface area contributed by atoms with Crippen LogP contribution in [-0.4, -0.2) is 18.3 Å². The van der Waals surface area contributed by atoms with Gasteiger partial charge in [0.2, 0.25) is 0 Å². The lowest BCUT2D eigenvalue weighted by Crippen LogP contribution is -2.05. The fourth-order valence-corrected chi connectivity index (χ4v) is 2.71. The second kappa shape index (κ2) is 4.43. The van der Waals surface area contributed by atoms with E-state index in [1.54, 1.807) is 11.3 Å². The van der Waals surface area contributed by atoms with E-state index in [0.717, 1.165) is 30.9 Å². The molecule has 1 saturated heterocycles. The van der Waals surface area contributed by atoms with Gasteiger partial charge in [0.1, 0.15) is 0 Å². The van der Waals surface area contributed by atoms with Gasteiger partial charge < -0.3 is 9.84 Å². The predicted molar refractivity (Wildman–Crippen MR) is 57.6 cm³/mol. The molecule has 2 atom stereocenters. The van der Waals surface area contributed by atoms with Crippen LogP contribution in [0.2, 0.25) is 0 Å². The van der Waals surface area contributed by atoms with Crippen LogP contribution in [0.5, 0.6) is 0 Å². The average molecular weight is 212 g/mol. The van der Waals surface area contributed by atoms with Crippen LogP contribution in [-0.2, 0) is 4.74 Å². The van der Waals surface area contributed by atoms with Crippen LogP contribution in [0, 0.1) is 12.8 Å². The van der Waals surface area contributed by atoms with Crippen LogP contribution in [0.3, 0.4) is 0 Å². The molecule has 1 aliphatic heterocycles. The standard InChI is InChI=1S/C11H16O2S/c1-8-2-3-11(14-8)10(12)6-9-4-5-13-7-9/h2-3,9-10,12H,4-7H2,1H3. The number of aliphatic hydroxyl groups is 1. The Morgan fingerprint density at radius 1 is 1.64 bits per heavy atom. The van der Waals surface area contributed by atoms with Crippen LogP contribution < -0.4 is 0 Å². The highest BCUT2D eigenvalue weighted by molar-refractivity contribution is 7.11. The molecular formula is C11H16O2S. The summed E-state index contributed by atoms with van der Waals surface area (Å²) >= 11 is 1.69. The molecule has 0 aliphatic carbocycles. The van der Waals surface area contributed by atoms with Gasteiger partial charge in [-0.25, -0.2) is 0 Å². The van der Waals surface area contributed by atoms with E-state index in [9.17, 15) is 5.11 Å². The van der Waals surface area contributed by atoms with Crippen molar-refractivity contribution in [3.8, 4) is 0 Å². The third-order valence-electron chi connectivity index (χ3n) is 2.67. The highest BCUT2D eigenvalue weighted by atomic mass is 32.1. The summed E-state index contributed by atoms with van der Waals surface area (Å²) in [5, 5.41) is 9.95. The molecule has 0 amide bonds. The van der Waals surface area contributed by atoms with Crippen LogP contribution >= 0.6 is 11.3 Å². The van der Waals surface area contributed by atoms with Gasteiger partial charge in [0.25, 0.3) is 0 Å². The molecule has 1 aromatic rings. The van der Waals surface area contributed by atoms with Gasteiger partial charge >= 0.3 is 0 Å². The SMILES string of the molecule is Cc1ccc(C(O)CC2CCOC2)s1. The molecule has 78 valence electrons. The van der Waals surface area contributed by atoms with Gasteiger partial charge in [-0.1, -0.05) is 0 Å². The molecule has 1 fully saturated rings. The van der Waals surface area contributed by atoms with Crippen molar-refractivity contribution >= 4 is 11.3 Å². The number of aryl methyl sites for hydroxylation is 1. The van der Waals surface area contributed by atoms with E-state index in [1.807, 2.05) is 6.07 Å². The summed E-state index contributed by atoms with van der Waals surface area (Å²) in [7, 11) is 0. The number of ether oxygens (including phenoxy) is 1. The fraction of sp³-hybridized carbons (Fsp3) is 0.636. The molecular weight excluding hydrogens is 196 g/mol. The van der Waals surface area contributed by atoms with Gasteiger partial charge in [-0.2, -0.15) is 0 Å². The van der Waals surface area contributed by atoms with Crippen molar-refractivity contribution in [2.24, 2.45) is 5.92 Å². The van der Waals surface area contributed by atoms with E-state index in [4.69, 9.17) is 4.74 Å². The molecule has 0 saturated carbocycles. The third kappa shape index (κ3) is 2.35. The van der Waals surface area contributed by atoms with Crippen LogP contribution in [0.25, 0.3) is 0 Å². The maximum atomic E-state index is 9.95. The lowest BCUT2D eigenvalue weighted by molar-refractivity contribution is 0.132. The number of thiophene rings is 1. The molecule has 1 N–H and O–H groups in total. The zero-order chi connectivity index (χ0) is 9.97. The number of aliphatic hydroxyl groups excluding tert-OH is 1. The van der Waals surface area contributed by atoms with Crippen molar-refractivity contribution in [2.45, 2.75) is 25.9 Å². The topological polar surface area (TPSA) is 29.5 Å². The molecule has 0 aromatic carbocycles. The Morgan fingerprint density at radius 2 is 2.50 bits per heavy atom. The number of rotatable bonds is 3. The van der Waals surface area contributed by atoms with Crippen LogP contribution in [0.4, 0.5) is 0 Å². The Hall–Kier alpha value is -0.380. The molecule has 1 aromatic heterocycles. The van der Waals surface area contributed by atoms with Crippen molar-refractivity contribution in [3.05, 3.63) is 21.9 Å². The molecule has 3 heteroatoms. The van der Waals surface area contributed by atoms with Gasteiger partial charge in [0.15, 0.2) is 0 Å². The van der Waals surface area contributed by atoms with Crippen molar-refractivity contribution < 1.29 is 9.84 Å². The minimum absolute atomic E-state index is 0.291. The smallest absolute Gasteiger partial charge is 0.0885 e. The van der Waals surface area contributed by atoms with Gasteiger partial charge in [-0.3, -0.25) is 0 Å². The van der Waals surface area contributed by atoms with Crippen LogP contribution in [0.15, 0.2) is 12.1 Å². The third-order valence-corrected chi connectivity index (χ3v) is 3.77. The maximum Gasteiger partial charge on any atom is 0.0885 e. The van der Waals surface area contributed by atoms with Crippen molar-refractivity contribution in [1.29, 1.82) is 0 Å². The van der Waals surface area contributed by atoms with E-state index >= 15 is 0 Å². The van der Waals surface area contributed by atoms with Crippen molar-refractivity contribution in [2.75, 3.05) is 13.2 Å². The molecule has 2 nitrogen and oxygen atoms in total. The Morgan fingerprint density at radius 3 is 3.07 bits per heavy atom. The Bertz CT molecular complexity index is 289. The molecule has 0 bridgehead atoms. The largest absolute Gasteiger partial charge is 0.388 e. The van der Waals surface area contributed by atoms with E-state index in [-0.39, 0.29) is 6.10 Å². The van der Waals surface area contributed by atoms with Gasteiger partial charge in [0.05, 0.1) is 6.10 Å². The van der Waals surface area contributed by atoms with E-state index in [0.29, 0.717) is 5.92 Å². The summed E-state index contributed by atoms with van der Waals surface area (Å²) in [6, 6.07) is 4.09. The molecule has 2 rings (SSSR count). The fourth-order valence-electron chi connectivity index (χ4n) is 1.83. The summed E-state index contributed by atoms with van der Waals surface area (Å²) in [6.45, 7) is 3.75. The molecule has 1 aliphatic rings. The molecule has 2 heterocycles. The Balaban J connectivity index is 1.91. The molecule has 0 spiro atoms. The minimum Gasteiger partial charge on any atom is -0.388 e. The summed E-state index contributed by atoms with van der Waals surface area (Å²) in [6.07, 6.45) is 1.65. The lowest BCUT2D eigenvalue weighted by atomic mass is 10.0. The van der Waals surface area contributed by atoms with E-state index < -0.39 is 0 Å². The van der Waals surface area contributed by atoms with Crippen molar-refractivity contribution in [1.82, 2.24) is 0 Å². The van der Waals surface area contributed by atoms with Gasteiger partial charge in [-0.15, -0.1) is 11.3 Å². The van der Waals surface area contributed by atoms with Crippen molar-refractivity contribution in [3.63, 3.8) is 0 Å². The normalized spacial score (nSPS) is 24.0. The first-order chi connectivity index (χ1) is 6.75. The summed E-state index contributed by atoms with van der Waals surface area (Å²) in [4.78, 5) is 2.36. The zero-order valence-corrected chi connectivity index (χ0v) is 9.22. The molecule has 14 heavy (non-hydrogen) atoms. The lowest BCUT2D eigenvalue weighted by Gasteiger charge is -2.12. The number of hydrogen-bond donors (Lipinski definition) is 1. The Kier molecular flexibility index (Phi) is 3.21. The summed E-state index contributed by atoms with van der Waals surface area (Å²) in [5.74, 6) is 0.549. The monoisotopic (exact) mass is 212 g/mol. The first kappa shape index (κ1) is 10.1. The predicted octanol–water partition coefficient (Wildman–Crippen LogP) is 2.52.